The van der Waals surface area contributed by atoms with Gasteiger partial charge in [-0.25, -0.2) is 13.2 Å². The van der Waals surface area contributed by atoms with Crippen LogP contribution < -0.4 is 16.4 Å². The fourth-order valence-electron chi connectivity index (χ4n) is 1.59. The predicted molar refractivity (Wildman–Crippen MR) is 73.0 cm³/mol. The van der Waals surface area contributed by atoms with Crippen molar-refractivity contribution in [3.8, 4) is 0 Å². The Balaban J connectivity index is 3.23. The van der Waals surface area contributed by atoms with Gasteiger partial charge in [0.15, 0.2) is 15.8 Å². The first kappa shape index (κ1) is 15.0. The molecule has 1 aromatic rings. The average molecular weight is 284 g/mol. The van der Waals surface area contributed by atoms with Crippen LogP contribution in [-0.2, 0) is 16.3 Å². The molecule has 7 nitrogen and oxygen atoms in total. The lowest BCUT2D eigenvalue weighted by molar-refractivity contribution is 0.256. The van der Waals surface area contributed by atoms with Crippen LogP contribution in [0.15, 0.2) is 23.1 Å². The fourth-order valence-corrected chi connectivity index (χ4v) is 2.47. The van der Waals surface area contributed by atoms with Gasteiger partial charge in [0.05, 0.1) is 10.6 Å². The number of amides is 2. The zero-order valence-electron chi connectivity index (χ0n) is 10.6. The topological polar surface area (TPSA) is 125 Å². The quantitative estimate of drug-likeness (QED) is 0.480. The second kappa shape index (κ2) is 5.70. The molecule has 5 N–H and O–H groups in total. The summed E-state index contributed by atoms with van der Waals surface area (Å²) in [5, 5.41) is 11.4. The van der Waals surface area contributed by atoms with Crippen molar-refractivity contribution >= 4 is 27.5 Å². The molecule has 0 saturated heterocycles. The molecular weight excluding hydrogens is 268 g/mol. The molecule has 0 spiro atoms. The molecule has 8 heteroatoms. The lowest BCUT2D eigenvalue weighted by Crippen LogP contribution is -2.39. The van der Waals surface area contributed by atoms with Crippen molar-refractivity contribution in [2.45, 2.75) is 18.2 Å². The first-order valence-electron chi connectivity index (χ1n) is 5.49. The van der Waals surface area contributed by atoms with Crippen molar-refractivity contribution < 1.29 is 13.2 Å². The third-order valence-corrected chi connectivity index (χ3v) is 3.52. The molecule has 0 aliphatic rings. The number of nitrogens with two attached hydrogens (primary N) is 1. The molecule has 0 bridgehead atoms. The van der Waals surface area contributed by atoms with Crippen molar-refractivity contribution in [1.29, 1.82) is 5.41 Å². The van der Waals surface area contributed by atoms with E-state index in [4.69, 9.17) is 11.1 Å². The van der Waals surface area contributed by atoms with E-state index >= 15 is 0 Å². The minimum Gasteiger partial charge on any atom is -0.370 e. The summed E-state index contributed by atoms with van der Waals surface area (Å²) in [6.07, 6.45) is 1.62. The predicted octanol–water partition coefficient (Wildman–Crippen LogP) is 0.667. The summed E-state index contributed by atoms with van der Waals surface area (Å²) >= 11 is 0. The number of rotatable bonds is 3. The molecule has 0 unspecified atom stereocenters. The zero-order chi connectivity index (χ0) is 14.6. The van der Waals surface area contributed by atoms with Gasteiger partial charge >= 0.3 is 6.03 Å². The van der Waals surface area contributed by atoms with Crippen LogP contribution in [0.1, 0.15) is 12.5 Å². The molecule has 1 aromatic carbocycles. The van der Waals surface area contributed by atoms with Crippen LogP contribution in [0.5, 0.6) is 0 Å². The highest BCUT2D eigenvalue weighted by Gasteiger charge is 2.17. The lowest BCUT2D eigenvalue weighted by atomic mass is 10.1. The fraction of sp³-hybridized carbons (Fsp3) is 0.273. The van der Waals surface area contributed by atoms with Crippen LogP contribution in [0.3, 0.4) is 0 Å². The van der Waals surface area contributed by atoms with Crippen molar-refractivity contribution in [2.75, 3.05) is 11.6 Å². The summed E-state index contributed by atoms with van der Waals surface area (Å²) in [6.45, 7) is 1.84. The van der Waals surface area contributed by atoms with E-state index in [1.807, 2.05) is 12.2 Å². The van der Waals surface area contributed by atoms with E-state index in [2.05, 4.69) is 5.32 Å². The summed E-state index contributed by atoms with van der Waals surface area (Å²) in [7, 11) is -3.47. The van der Waals surface area contributed by atoms with Crippen LogP contribution >= 0.6 is 0 Å². The number of para-hydroxylation sites is 1. The van der Waals surface area contributed by atoms with Crippen LogP contribution in [-0.4, -0.2) is 26.7 Å². The van der Waals surface area contributed by atoms with Gasteiger partial charge in [0.25, 0.3) is 0 Å². The van der Waals surface area contributed by atoms with Gasteiger partial charge < -0.3 is 11.1 Å². The number of aryl methyl sites for hydroxylation is 1. The summed E-state index contributed by atoms with van der Waals surface area (Å²) in [4.78, 5) is 11.6. The summed E-state index contributed by atoms with van der Waals surface area (Å²) < 4.78 is 23.4. The molecule has 2 amide bonds. The number of hydrogen-bond acceptors (Lipinski definition) is 4. The Bertz CT molecular complexity index is 610. The first-order valence-corrected chi connectivity index (χ1v) is 7.38. The van der Waals surface area contributed by atoms with E-state index in [1.165, 1.54) is 6.07 Å². The Morgan fingerprint density at radius 1 is 1.42 bits per heavy atom. The number of anilines is 1. The molecule has 0 radical (unpaired) electrons. The second-order valence-electron chi connectivity index (χ2n) is 3.91. The maximum atomic E-state index is 11.7. The van der Waals surface area contributed by atoms with Crippen molar-refractivity contribution in [2.24, 2.45) is 5.73 Å². The normalized spacial score (nSPS) is 10.8. The van der Waals surface area contributed by atoms with E-state index in [0.29, 0.717) is 12.0 Å². The molecule has 0 aromatic heterocycles. The standard InChI is InChI=1S/C11H16N4O3S/c1-3-7-5-4-6-8(19(2,17)18)9(7)14-11(16)15-10(12)13/h4-6H,3H2,1-2H3,(H5,12,13,14,15,16). The molecule has 19 heavy (non-hydrogen) atoms. The van der Waals surface area contributed by atoms with E-state index in [-0.39, 0.29) is 10.6 Å². The number of carbonyl (C=O) groups is 1. The van der Waals surface area contributed by atoms with Gasteiger partial charge in [-0.2, -0.15) is 0 Å². The number of carbonyl (C=O) groups excluding carboxylic acids is 1. The minimum absolute atomic E-state index is 0.0329. The van der Waals surface area contributed by atoms with Crippen LogP contribution in [0.4, 0.5) is 10.5 Å². The van der Waals surface area contributed by atoms with E-state index < -0.39 is 21.8 Å². The summed E-state index contributed by atoms with van der Waals surface area (Å²) in [5.74, 6) is -0.521. The minimum atomic E-state index is -3.47. The van der Waals surface area contributed by atoms with Crippen LogP contribution in [0, 0.1) is 5.41 Å². The molecular formula is C11H16N4O3S. The number of sulfone groups is 1. The Kier molecular flexibility index (Phi) is 4.49. The third kappa shape index (κ3) is 3.95. The van der Waals surface area contributed by atoms with Gasteiger partial charge in [-0.15, -0.1) is 0 Å². The van der Waals surface area contributed by atoms with Crippen molar-refractivity contribution in [3.05, 3.63) is 23.8 Å². The van der Waals surface area contributed by atoms with E-state index in [0.717, 1.165) is 6.26 Å². The Morgan fingerprint density at radius 3 is 2.53 bits per heavy atom. The number of benzene rings is 1. The molecule has 0 heterocycles. The van der Waals surface area contributed by atoms with Crippen LogP contribution in [0.2, 0.25) is 0 Å². The summed E-state index contributed by atoms with van der Waals surface area (Å²) in [6, 6.07) is 4.00. The zero-order valence-corrected chi connectivity index (χ0v) is 11.5. The van der Waals surface area contributed by atoms with Crippen molar-refractivity contribution in [1.82, 2.24) is 5.32 Å². The molecule has 0 aliphatic carbocycles. The largest absolute Gasteiger partial charge is 0.370 e. The highest BCUT2D eigenvalue weighted by molar-refractivity contribution is 7.90. The molecule has 104 valence electrons. The van der Waals surface area contributed by atoms with Gasteiger partial charge in [-0.3, -0.25) is 10.7 Å². The van der Waals surface area contributed by atoms with Crippen molar-refractivity contribution in [3.63, 3.8) is 0 Å². The number of urea groups is 1. The molecule has 0 saturated carbocycles. The molecule has 0 fully saturated rings. The Labute approximate surface area is 111 Å². The lowest BCUT2D eigenvalue weighted by Gasteiger charge is -2.14. The van der Waals surface area contributed by atoms with E-state index in [9.17, 15) is 13.2 Å². The maximum Gasteiger partial charge on any atom is 0.326 e. The van der Waals surface area contributed by atoms with E-state index in [1.54, 1.807) is 12.1 Å². The average Bonchev–Trinajstić information content (AvgIpc) is 2.26. The van der Waals surface area contributed by atoms with Crippen LogP contribution in [0.25, 0.3) is 0 Å². The van der Waals surface area contributed by atoms with Gasteiger partial charge in [-0.05, 0) is 18.1 Å². The van der Waals surface area contributed by atoms with Gasteiger partial charge in [0, 0.05) is 6.26 Å². The molecule has 1 rings (SSSR count). The monoisotopic (exact) mass is 284 g/mol. The highest BCUT2D eigenvalue weighted by Crippen LogP contribution is 2.26. The first-order chi connectivity index (χ1) is 8.75. The number of guanidine groups is 1. The Morgan fingerprint density at radius 2 is 2.05 bits per heavy atom. The second-order valence-corrected chi connectivity index (χ2v) is 5.89. The maximum absolute atomic E-state index is 11.7. The smallest absolute Gasteiger partial charge is 0.326 e. The van der Waals surface area contributed by atoms with Gasteiger partial charge in [0.1, 0.15) is 0 Å². The summed E-state index contributed by atoms with van der Waals surface area (Å²) in [5.41, 5.74) is 5.93. The highest BCUT2D eigenvalue weighted by atomic mass is 32.2. The molecule has 0 atom stereocenters. The Hall–Kier alpha value is -2.09. The van der Waals surface area contributed by atoms with Gasteiger partial charge in [-0.1, -0.05) is 19.1 Å². The van der Waals surface area contributed by atoms with Gasteiger partial charge in [0.2, 0.25) is 0 Å². The number of nitrogens with one attached hydrogen (secondary N) is 3. The molecule has 0 aliphatic heterocycles. The SMILES string of the molecule is CCc1cccc(S(C)(=O)=O)c1NC(=O)NC(=N)N. The third-order valence-electron chi connectivity index (χ3n) is 2.38. The number of hydrogen-bond donors (Lipinski definition) is 4.